The molecule has 2 aliphatic rings. The molecule has 0 atom stereocenters. The van der Waals surface area contributed by atoms with Crippen LogP contribution in [0.1, 0.15) is 44.7 Å². The molecule has 3 rings (SSSR count). The number of nitrogens with zero attached hydrogens (tertiary/aromatic N) is 2. The molecule has 124 valence electrons. The summed E-state index contributed by atoms with van der Waals surface area (Å²) in [6.45, 7) is 7.29. The largest absolute Gasteiger partial charge is 0.465 e. The molecule has 2 amide bonds. The molecule has 1 aromatic carbocycles. The third-order valence-corrected chi connectivity index (χ3v) is 5.29. The standard InChI is InChI=1S/C18H24N2O3/c1-17(2,3)12-6-5-7-13-14(12)18(15(21)19(13)4)8-10-20(11-9-18)16(22)23/h5-7H,8-11H2,1-4H3,(H,22,23). The molecule has 5 nitrogen and oxygen atoms in total. The van der Waals surface area contributed by atoms with Crippen molar-refractivity contribution in [3.05, 3.63) is 29.3 Å². The Morgan fingerprint density at radius 1 is 1.22 bits per heavy atom. The quantitative estimate of drug-likeness (QED) is 0.800. The van der Waals surface area contributed by atoms with Crippen LogP contribution in [-0.4, -0.2) is 42.1 Å². The Balaban J connectivity index is 2.12. The number of fused-ring (bicyclic) bond motifs is 2. The summed E-state index contributed by atoms with van der Waals surface area (Å²) in [7, 11) is 1.83. The van der Waals surface area contributed by atoms with Gasteiger partial charge >= 0.3 is 6.09 Å². The molecule has 0 aromatic heterocycles. The number of benzene rings is 1. The van der Waals surface area contributed by atoms with Gasteiger partial charge in [-0.15, -0.1) is 0 Å². The van der Waals surface area contributed by atoms with Crippen LogP contribution in [0.25, 0.3) is 0 Å². The third-order valence-electron chi connectivity index (χ3n) is 5.29. The van der Waals surface area contributed by atoms with Crippen LogP contribution < -0.4 is 4.90 Å². The van der Waals surface area contributed by atoms with E-state index in [0.717, 1.165) is 11.3 Å². The molecule has 1 saturated heterocycles. The van der Waals surface area contributed by atoms with Crippen molar-refractivity contribution in [1.29, 1.82) is 0 Å². The first kappa shape index (κ1) is 15.8. The minimum absolute atomic E-state index is 0.0618. The molecule has 0 aliphatic carbocycles. The first-order valence-corrected chi connectivity index (χ1v) is 8.08. The fraction of sp³-hybridized carbons (Fsp3) is 0.556. The van der Waals surface area contributed by atoms with E-state index in [-0.39, 0.29) is 11.3 Å². The van der Waals surface area contributed by atoms with E-state index in [4.69, 9.17) is 0 Å². The SMILES string of the molecule is CN1C(=O)C2(CCN(C(=O)O)CC2)c2c1cccc2C(C)(C)C. The van der Waals surface area contributed by atoms with Crippen LogP contribution in [0.5, 0.6) is 0 Å². The van der Waals surface area contributed by atoms with Gasteiger partial charge in [0.1, 0.15) is 0 Å². The second-order valence-corrected chi connectivity index (χ2v) is 7.67. The van der Waals surface area contributed by atoms with Crippen LogP contribution in [0, 0.1) is 0 Å². The normalized spacial score (nSPS) is 20.1. The van der Waals surface area contributed by atoms with E-state index >= 15 is 0 Å². The second-order valence-electron chi connectivity index (χ2n) is 7.67. The summed E-state index contributed by atoms with van der Waals surface area (Å²) in [5, 5.41) is 9.20. The van der Waals surface area contributed by atoms with Crippen LogP contribution in [-0.2, 0) is 15.6 Å². The van der Waals surface area contributed by atoms with Crippen LogP contribution in [0.3, 0.4) is 0 Å². The van der Waals surface area contributed by atoms with Crippen LogP contribution in [0.15, 0.2) is 18.2 Å². The van der Waals surface area contributed by atoms with Gasteiger partial charge in [0.05, 0.1) is 5.41 Å². The predicted octanol–water partition coefficient (Wildman–Crippen LogP) is 2.97. The van der Waals surface area contributed by atoms with Gasteiger partial charge in [-0.25, -0.2) is 4.79 Å². The van der Waals surface area contributed by atoms with Crippen molar-refractivity contribution in [2.24, 2.45) is 0 Å². The first-order valence-electron chi connectivity index (χ1n) is 8.08. The lowest BCUT2D eigenvalue weighted by Gasteiger charge is -2.39. The summed E-state index contributed by atoms with van der Waals surface area (Å²) in [5.41, 5.74) is 2.65. The fourth-order valence-electron chi connectivity index (χ4n) is 4.03. The van der Waals surface area contributed by atoms with E-state index in [0.29, 0.717) is 25.9 Å². The lowest BCUT2D eigenvalue weighted by molar-refractivity contribution is -0.124. The molecule has 2 heterocycles. The zero-order chi connectivity index (χ0) is 17.0. The molecule has 1 N–H and O–H groups in total. The highest BCUT2D eigenvalue weighted by Crippen LogP contribution is 2.51. The van der Waals surface area contributed by atoms with Crippen LogP contribution >= 0.6 is 0 Å². The molecule has 1 fully saturated rings. The molecule has 0 bridgehead atoms. The van der Waals surface area contributed by atoms with E-state index in [1.165, 1.54) is 10.5 Å². The molecule has 0 radical (unpaired) electrons. The highest BCUT2D eigenvalue weighted by molar-refractivity contribution is 6.08. The van der Waals surface area contributed by atoms with E-state index in [2.05, 4.69) is 26.8 Å². The lowest BCUT2D eigenvalue weighted by Crippen LogP contribution is -2.49. The topological polar surface area (TPSA) is 60.9 Å². The summed E-state index contributed by atoms with van der Waals surface area (Å²) >= 11 is 0. The van der Waals surface area contributed by atoms with Gasteiger partial charge in [0.15, 0.2) is 0 Å². The van der Waals surface area contributed by atoms with Gasteiger partial charge in [0, 0.05) is 25.8 Å². The Kier molecular flexibility index (Phi) is 3.43. The molecular formula is C18H24N2O3. The zero-order valence-electron chi connectivity index (χ0n) is 14.2. The summed E-state index contributed by atoms with van der Waals surface area (Å²) in [4.78, 5) is 27.4. The molecule has 0 saturated carbocycles. The number of likely N-dealkylation sites (tertiary alicyclic amines) is 1. The van der Waals surface area contributed by atoms with Crippen LogP contribution in [0.2, 0.25) is 0 Å². The average Bonchev–Trinajstić information content (AvgIpc) is 2.70. The van der Waals surface area contributed by atoms with Gasteiger partial charge in [0.2, 0.25) is 5.91 Å². The highest BCUT2D eigenvalue weighted by Gasteiger charge is 2.53. The minimum Gasteiger partial charge on any atom is -0.465 e. The molecule has 23 heavy (non-hydrogen) atoms. The van der Waals surface area contributed by atoms with E-state index < -0.39 is 11.5 Å². The summed E-state index contributed by atoms with van der Waals surface area (Å²) in [6.07, 6.45) is 0.216. The Hall–Kier alpha value is -2.04. The van der Waals surface area contributed by atoms with Crippen molar-refractivity contribution in [3.63, 3.8) is 0 Å². The summed E-state index contributed by atoms with van der Waals surface area (Å²) < 4.78 is 0. The minimum atomic E-state index is -0.900. The monoisotopic (exact) mass is 316 g/mol. The maximum Gasteiger partial charge on any atom is 0.407 e. The maximum absolute atomic E-state index is 13.1. The molecule has 5 heteroatoms. The number of likely N-dealkylation sites (N-methyl/N-ethyl adjacent to an activating group) is 1. The number of hydrogen-bond donors (Lipinski definition) is 1. The van der Waals surface area contributed by atoms with Crippen molar-refractivity contribution in [3.8, 4) is 0 Å². The van der Waals surface area contributed by atoms with Gasteiger partial charge in [-0.2, -0.15) is 0 Å². The van der Waals surface area contributed by atoms with Gasteiger partial charge in [0.25, 0.3) is 0 Å². The molecule has 1 aromatic rings. The average molecular weight is 316 g/mol. The van der Waals surface area contributed by atoms with Crippen molar-refractivity contribution >= 4 is 17.7 Å². The fourth-order valence-corrected chi connectivity index (χ4v) is 4.03. The smallest absolute Gasteiger partial charge is 0.407 e. The number of carbonyl (C=O) groups is 2. The second kappa shape index (κ2) is 4.98. The predicted molar refractivity (Wildman–Crippen MR) is 89.1 cm³/mol. The van der Waals surface area contributed by atoms with Gasteiger partial charge in [-0.1, -0.05) is 32.9 Å². The number of carboxylic acid groups (broad SMARTS) is 1. The van der Waals surface area contributed by atoms with E-state index in [9.17, 15) is 14.7 Å². The Morgan fingerprint density at radius 2 is 1.83 bits per heavy atom. The Labute approximate surface area is 136 Å². The first-order chi connectivity index (χ1) is 10.7. The van der Waals surface area contributed by atoms with Gasteiger partial charge < -0.3 is 14.9 Å². The Bertz CT molecular complexity index is 667. The third kappa shape index (κ3) is 2.21. The van der Waals surface area contributed by atoms with Gasteiger partial charge in [-0.3, -0.25) is 4.79 Å². The zero-order valence-corrected chi connectivity index (χ0v) is 14.2. The van der Waals surface area contributed by atoms with Crippen molar-refractivity contribution in [2.45, 2.75) is 44.4 Å². The number of carbonyl (C=O) groups excluding carboxylic acids is 1. The number of hydrogen-bond acceptors (Lipinski definition) is 2. The molecule has 0 unspecified atom stereocenters. The number of piperidine rings is 1. The molecular weight excluding hydrogens is 292 g/mol. The summed E-state index contributed by atoms with van der Waals surface area (Å²) in [6, 6.07) is 6.12. The molecule has 2 aliphatic heterocycles. The lowest BCUT2D eigenvalue weighted by atomic mass is 9.68. The maximum atomic E-state index is 13.1. The van der Waals surface area contributed by atoms with E-state index in [1.54, 1.807) is 4.90 Å². The van der Waals surface area contributed by atoms with Crippen molar-refractivity contribution < 1.29 is 14.7 Å². The highest BCUT2D eigenvalue weighted by atomic mass is 16.4. The Morgan fingerprint density at radius 3 is 2.35 bits per heavy atom. The van der Waals surface area contributed by atoms with Crippen molar-refractivity contribution in [2.75, 3.05) is 25.0 Å². The van der Waals surface area contributed by atoms with Crippen LogP contribution in [0.4, 0.5) is 10.5 Å². The number of amides is 2. The van der Waals surface area contributed by atoms with E-state index in [1.807, 2.05) is 19.2 Å². The van der Waals surface area contributed by atoms with Crippen molar-refractivity contribution in [1.82, 2.24) is 4.90 Å². The number of anilines is 1. The number of rotatable bonds is 0. The molecule has 1 spiro atoms. The van der Waals surface area contributed by atoms with Gasteiger partial charge in [-0.05, 0) is 35.4 Å². The summed E-state index contributed by atoms with van der Waals surface area (Å²) in [5.74, 6) is 0.106.